The van der Waals surface area contributed by atoms with E-state index < -0.39 is 17.2 Å². The summed E-state index contributed by atoms with van der Waals surface area (Å²) in [4.78, 5) is 22.3. The fraction of sp³-hybridized carbons (Fsp3) is 0.625. The number of hydrogen-bond acceptors (Lipinski definition) is 3. The highest BCUT2D eigenvalue weighted by atomic mass is 16.4. The van der Waals surface area contributed by atoms with Crippen molar-refractivity contribution in [3.05, 3.63) is 16.8 Å². The standard InChI is InChI=1S/C8H13N3O3/c1-3-4-8(2,6(12)13)11-5-9-10-7(11)14/h5H,3-4H2,1-2H3,(H,10,14)(H,12,13). The van der Waals surface area contributed by atoms with Crippen LogP contribution in [0.4, 0.5) is 0 Å². The third kappa shape index (κ3) is 1.55. The van der Waals surface area contributed by atoms with Gasteiger partial charge in [-0.25, -0.2) is 14.7 Å². The van der Waals surface area contributed by atoms with E-state index in [1.807, 2.05) is 6.92 Å². The lowest BCUT2D eigenvalue weighted by Gasteiger charge is -2.24. The molecule has 0 radical (unpaired) electrons. The maximum atomic E-state index is 11.2. The number of nitrogens with one attached hydrogen (secondary N) is 1. The average molecular weight is 199 g/mol. The van der Waals surface area contributed by atoms with E-state index in [9.17, 15) is 9.59 Å². The Labute approximate surface area is 80.6 Å². The summed E-state index contributed by atoms with van der Waals surface area (Å²) in [5.41, 5.74) is -1.71. The first kappa shape index (κ1) is 10.5. The Morgan fingerprint density at radius 2 is 2.43 bits per heavy atom. The van der Waals surface area contributed by atoms with Crippen molar-refractivity contribution in [1.29, 1.82) is 0 Å². The first-order valence-corrected chi connectivity index (χ1v) is 4.38. The van der Waals surface area contributed by atoms with Gasteiger partial charge in [0.15, 0.2) is 0 Å². The summed E-state index contributed by atoms with van der Waals surface area (Å²) in [5, 5.41) is 14.8. The van der Waals surface area contributed by atoms with E-state index in [0.29, 0.717) is 12.8 Å². The van der Waals surface area contributed by atoms with Crippen molar-refractivity contribution in [3.63, 3.8) is 0 Å². The Bertz CT molecular complexity index is 381. The largest absolute Gasteiger partial charge is 0.479 e. The number of H-pyrrole nitrogens is 1. The number of carbonyl (C=O) groups is 1. The van der Waals surface area contributed by atoms with E-state index in [4.69, 9.17) is 5.11 Å². The van der Waals surface area contributed by atoms with Crippen molar-refractivity contribution in [2.24, 2.45) is 0 Å². The SMILES string of the molecule is CCCC(C)(C(=O)O)n1cn[nH]c1=O. The molecular weight excluding hydrogens is 186 g/mol. The van der Waals surface area contributed by atoms with E-state index >= 15 is 0 Å². The molecule has 0 aliphatic carbocycles. The summed E-state index contributed by atoms with van der Waals surface area (Å²) in [6.45, 7) is 3.38. The van der Waals surface area contributed by atoms with Crippen LogP contribution < -0.4 is 5.69 Å². The van der Waals surface area contributed by atoms with Gasteiger partial charge in [0.1, 0.15) is 11.9 Å². The molecule has 0 spiro atoms. The van der Waals surface area contributed by atoms with Crippen molar-refractivity contribution in [2.45, 2.75) is 32.2 Å². The molecule has 6 heteroatoms. The molecule has 78 valence electrons. The third-order valence-electron chi connectivity index (χ3n) is 2.28. The zero-order chi connectivity index (χ0) is 10.8. The van der Waals surface area contributed by atoms with Gasteiger partial charge in [0.05, 0.1) is 0 Å². The lowest BCUT2D eigenvalue weighted by molar-refractivity contribution is -0.147. The fourth-order valence-corrected chi connectivity index (χ4v) is 1.42. The molecule has 0 saturated carbocycles. The van der Waals surface area contributed by atoms with Gasteiger partial charge in [0.25, 0.3) is 0 Å². The van der Waals surface area contributed by atoms with Gasteiger partial charge in [-0.15, -0.1) is 0 Å². The molecule has 1 aromatic heterocycles. The quantitative estimate of drug-likeness (QED) is 0.723. The van der Waals surface area contributed by atoms with Crippen molar-refractivity contribution in [3.8, 4) is 0 Å². The number of aromatic nitrogens is 3. The number of carboxylic acids is 1. The van der Waals surface area contributed by atoms with Crippen LogP contribution in [0.2, 0.25) is 0 Å². The van der Waals surface area contributed by atoms with Gasteiger partial charge in [0, 0.05) is 0 Å². The minimum absolute atomic E-state index is 0.391. The zero-order valence-electron chi connectivity index (χ0n) is 8.15. The second-order valence-electron chi connectivity index (χ2n) is 3.36. The molecule has 14 heavy (non-hydrogen) atoms. The average Bonchev–Trinajstić information content (AvgIpc) is 2.51. The molecule has 1 aromatic rings. The predicted octanol–water partition coefficient (Wildman–Crippen LogP) is 0.171. The van der Waals surface area contributed by atoms with Gasteiger partial charge < -0.3 is 5.11 Å². The summed E-state index contributed by atoms with van der Waals surface area (Å²) in [5.74, 6) is -1.03. The van der Waals surface area contributed by atoms with Crippen LogP contribution in [0.3, 0.4) is 0 Å². The van der Waals surface area contributed by atoms with Gasteiger partial charge in [-0.05, 0) is 13.3 Å². The van der Waals surface area contributed by atoms with Gasteiger partial charge in [0.2, 0.25) is 0 Å². The van der Waals surface area contributed by atoms with Crippen LogP contribution in [-0.4, -0.2) is 25.8 Å². The van der Waals surface area contributed by atoms with E-state index in [1.54, 1.807) is 0 Å². The molecule has 0 aliphatic rings. The topological polar surface area (TPSA) is 88.0 Å². The monoisotopic (exact) mass is 199 g/mol. The van der Waals surface area contributed by atoms with E-state index in [-0.39, 0.29) is 0 Å². The maximum Gasteiger partial charge on any atom is 0.344 e. The number of carboxylic acid groups (broad SMARTS) is 1. The summed E-state index contributed by atoms with van der Waals surface area (Å²) < 4.78 is 1.11. The number of nitrogens with zero attached hydrogens (tertiary/aromatic N) is 2. The van der Waals surface area contributed by atoms with Crippen molar-refractivity contribution < 1.29 is 9.90 Å². The number of hydrogen-bond donors (Lipinski definition) is 2. The number of aliphatic carboxylic acids is 1. The molecule has 0 aliphatic heterocycles. The van der Waals surface area contributed by atoms with Crippen LogP contribution in [0.5, 0.6) is 0 Å². The van der Waals surface area contributed by atoms with E-state index in [0.717, 1.165) is 4.57 Å². The lowest BCUT2D eigenvalue weighted by atomic mass is 9.96. The molecule has 1 rings (SSSR count). The van der Waals surface area contributed by atoms with Crippen molar-refractivity contribution in [2.75, 3.05) is 0 Å². The minimum Gasteiger partial charge on any atom is -0.479 e. The smallest absolute Gasteiger partial charge is 0.344 e. The Morgan fingerprint density at radius 1 is 1.79 bits per heavy atom. The van der Waals surface area contributed by atoms with Gasteiger partial charge in [-0.1, -0.05) is 13.3 Å². The Hall–Kier alpha value is -1.59. The molecule has 0 saturated heterocycles. The molecule has 1 atom stereocenters. The maximum absolute atomic E-state index is 11.2. The molecule has 0 amide bonds. The second-order valence-corrected chi connectivity index (χ2v) is 3.36. The van der Waals surface area contributed by atoms with Crippen LogP contribution >= 0.6 is 0 Å². The van der Waals surface area contributed by atoms with Crippen molar-refractivity contribution >= 4 is 5.97 Å². The fourth-order valence-electron chi connectivity index (χ4n) is 1.42. The molecular formula is C8H13N3O3. The molecule has 1 heterocycles. The first-order valence-electron chi connectivity index (χ1n) is 4.38. The molecule has 0 bridgehead atoms. The first-order chi connectivity index (χ1) is 6.52. The molecule has 0 aromatic carbocycles. The summed E-state index contributed by atoms with van der Waals surface area (Å²) in [6.07, 6.45) is 2.29. The Kier molecular flexibility index (Phi) is 2.73. The van der Waals surface area contributed by atoms with E-state index in [2.05, 4.69) is 10.2 Å². The summed E-state index contributed by atoms with van der Waals surface area (Å²) in [6, 6.07) is 0. The highest BCUT2D eigenvalue weighted by molar-refractivity contribution is 5.76. The van der Waals surface area contributed by atoms with Crippen LogP contribution in [-0.2, 0) is 10.3 Å². The summed E-state index contributed by atoms with van der Waals surface area (Å²) in [7, 11) is 0. The molecule has 2 N–H and O–H groups in total. The van der Waals surface area contributed by atoms with Crippen LogP contribution in [0.15, 0.2) is 11.1 Å². The Balaban J connectivity index is 3.19. The minimum atomic E-state index is -1.21. The lowest BCUT2D eigenvalue weighted by Crippen LogP contribution is -2.43. The number of aromatic amines is 1. The van der Waals surface area contributed by atoms with Gasteiger partial charge in [-0.3, -0.25) is 4.57 Å². The van der Waals surface area contributed by atoms with Gasteiger partial charge >= 0.3 is 11.7 Å². The second kappa shape index (κ2) is 3.65. The predicted molar refractivity (Wildman–Crippen MR) is 49.0 cm³/mol. The van der Waals surface area contributed by atoms with Crippen molar-refractivity contribution in [1.82, 2.24) is 14.8 Å². The molecule has 0 fully saturated rings. The zero-order valence-corrected chi connectivity index (χ0v) is 8.15. The molecule has 6 nitrogen and oxygen atoms in total. The van der Waals surface area contributed by atoms with Gasteiger partial charge in [-0.2, -0.15) is 5.10 Å². The number of rotatable bonds is 4. The normalized spacial score (nSPS) is 15.0. The summed E-state index contributed by atoms with van der Waals surface area (Å²) >= 11 is 0. The molecule has 1 unspecified atom stereocenters. The van der Waals surface area contributed by atoms with Crippen LogP contribution in [0.25, 0.3) is 0 Å². The van der Waals surface area contributed by atoms with E-state index in [1.165, 1.54) is 13.3 Å². The highest BCUT2D eigenvalue weighted by Crippen LogP contribution is 2.20. The Morgan fingerprint density at radius 3 is 2.79 bits per heavy atom. The highest BCUT2D eigenvalue weighted by Gasteiger charge is 2.35. The third-order valence-corrected chi connectivity index (χ3v) is 2.28. The van der Waals surface area contributed by atoms with Crippen LogP contribution in [0, 0.1) is 0 Å². The van der Waals surface area contributed by atoms with Crippen LogP contribution in [0.1, 0.15) is 26.7 Å².